The number of nitrogens with zero attached hydrogens (tertiary/aromatic N) is 5. The number of piperidine rings is 1. The van der Waals surface area contributed by atoms with Gasteiger partial charge < -0.3 is 19.1 Å². The molecule has 41 heavy (non-hydrogen) atoms. The van der Waals surface area contributed by atoms with Gasteiger partial charge in [0.1, 0.15) is 22.8 Å². The Bertz CT molecular complexity index is 1530. The number of benzene rings is 2. The third-order valence-electron chi connectivity index (χ3n) is 7.73. The van der Waals surface area contributed by atoms with Gasteiger partial charge in [-0.1, -0.05) is 0 Å². The molecular formula is C30H31FN6O4. The van der Waals surface area contributed by atoms with E-state index in [1.165, 1.54) is 12.3 Å². The highest BCUT2D eigenvalue weighted by Gasteiger charge is 2.41. The standard InChI is InChI=1S/C30H31FN6O4/c1-3-39-24-16-22(17-25(40-4-2)27(24)20-8-12-32-26(31)18-20)29(38)37-13-10-30(11-14-37)9-7-19-15-21(5-6-23(19)41-30)28-33-35-36-34-28/h5-6,8,12,15-18H,3-4,7,9-11,13-14H2,1-2H3,(H,33,34,35,36). The van der Waals surface area contributed by atoms with Crippen molar-refractivity contribution < 1.29 is 23.4 Å². The van der Waals surface area contributed by atoms with Crippen LogP contribution in [0.4, 0.5) is 4.39 Å². The number of aromatic amines is 1. The lowest BCUT2D eigenvalue weighted by Crippen LogP contribution is -2.51. The Morgan fingerprint density at radius 3 is 2.44 bits per heavy atom. The molecular weight excluding hydrogens is 527 g/mol. The second kappa shape index (κ2) is 11.1. The van der Waals surface area contributed by atoms with Crippen LogP contribution in [0.3, 0.4) is 0 Å². The maximum absolute atomic E-state index is 14.0. The van der Waals surface area contributed by atoms with Crippen LogP contribution in [0.1, 0.15) is 49.0 Å². The number of aryl methyl sites for hydroxylation is 1. The lowest BCUT2D eigenvalue weighted by Gasteiger charge is -2.44. The largest absolute Gasteiger partial charge is 0.493 e. The maximum Gasteiger partial charge on any atom is 0.254 e. The lowest BCUT2D eigenvalue weighted by molar-refractivity contribution is -0.0107. The van der Waals surface area contributed by atoms with Gasteiger partial charge in [-0.05, 0) is 79.4 Å². The number of H-pyrrole nitrogens is 1. The zero-order valence-corrected chi connectivity index (χ0v) is 23.0. The van der Waals surface area contributed by atoms with Gasteiger partial charge in [0.25, 0.3) is 5.91 Å². The Morgan fingerprint density at radius 2 is 1.78 bits per heavy atom. The predicted molar refractivity (Wildman–Crippen MR) is 148 cm³/mol. The molecule has 10 nitrogen and oxygen atoms in total. The van der Waals surface area contributed by atoms with E-state index >= 15 is 0 Å². The molecule has 11 heteroatoms. The smallest absolute Gasteiger partial charge is 0.254 e. The van der Waals surface area contributed by atoms with Crippen LogP contribution in [-0.4, -0.2) is 68.3 Å². The molecule has 1 amide bonds. The number of pyridine rings is 1. The molecule has 6 rings (SSSR count). The zero-order chi connectivity index (χ0) is 28.4. The van der Waals surface area contributed by atoms with Gasteiger partial charge in [-0.25, -0.2) is 4.98 Å². The molecule has 4 heterocycles. The highest BCUT2D eigenvalue weighted by Crippen LogP contribution is 2.42. The van der Waals surface area contributed by atoms with Crippen molar-refractivity contribution >= 4 is 5.91 Å². The fourth-order valence-corrected chi connectivity index (χ4v) is 5.69. The average Bonchev–Trinajstić information content (AvgIpc) is 3.53. The molecule has 2 aliphatic heterocycles. The van der Waals surface area contributed by atoms with Crippen molar-refractivity contribution in [1.82, 2.24) is 30.5 Å². The van der Waals surface area contributed by atoms with Crippen molar-refractivity contribution in [3.05, 3.63) is 65.7 Å². The van der Waals surface area contributed by atoms with Crippen molar-refractivity contribution in [3.63, 3.8) is 0 Å². The van der Waals surface area contributed by atoms with Crippen LogP contribution >= 0.6 is 0 Å². The molecule has 0 saturated carbocycles. The molecule has 0 aliphatic carbocycles. The van der Waals surface area contributed by atoms with E-state index in [1.54, 1.807) is 18.2 Å². The number of hydrogen-bond donors (Lipinski definition) is 1. The van der Waals surface area contributed by atoms with Crippen LogP contribution in [0.5, 0.6) is 17.2 Å². The summed E-state index contributed by atoms with van der Waals surface area (Å²) in [7, 11) is 0. The molecule has 212 valence electrons. The number of amides is 1. The highest BCUT2D eigenvalue weighted by atomic mass is 19.1. The van der Waals surface area contributed by atoms with E-state index < -0.39 is 5.95 Å². The molecule has 1 saturated heterocycles. The lowest BCUT2D eigenvalue weighted by atomic mass is 9.82. The molecule has 4 aromatic rings. The van der Waals surface area contributed by atoms with Gasteiger partial charge in [-0.15, -0.1) is 10.2 Å². The van der Waals surface area contributed by atoms with Crippen molar-refractivity contribution in [2.75, 3.05) is 26.3 Å². The molecule has 2 aliphatic rings. The van der Waals surface area contributed by atoms with Gasteiger partial charge in [0.15, 0.2) is 0 Å². The summed E-state index contributed by atoms with van der Waals surface area (Å²) < 4.78 is 32.4. The normalized spacial score (nSPS) is 15.7. The molecule has 1 fully saturated rings. The Labute approximate surface area is 236 Å². The van der Waals surface area contributed by atoms with Crippen LogP contribution in [0.2, 0.25) is 0 Å². The summed E-state index contributed by atoms with van der Waals surface area (Å²) in [5.74, 6) is 1.65. The SMILES string of the molecule is CCOc1cc(C(=O)N2CCC3(CCc4cc(-c5nn[nH]n5)ccc4O3)CC2)cc(OCC)c1-c1ccnc(F)c1. The highest BCUT2D eigenvalue weighted by molar-refractivity contribution is 5.97. The molecule has 0 bridgehead atoms. The minimum atomic E-state index is -0.602. The zero-order valence-electron chi connectivity index (χ0n) is 23.0. The number of aromatic nitrogens is 5. The van der Waals surface area contributed by atoms with Crippen molar-refractivity contribution in [2.45, 2.75) is 45.1 Å². The van der Waals surface area contributed by atoms with Crippen LogP contribution in [0, 0.1) is 5.95 Å². The first-order valence-electron chi connectivity index (χ1n) is 13.9. The third-order valence-corrected chi connectivity index (χ3v) is 7.73. The van der Waals surface area contributed by atoms with E-state index in [1.807, 2.05) is 30.9 Å². The van der Waals surface area contributed by atoms with Crippen LogP contribution in [0.15, 0.2) is 48.7 Å². The van der Waals surface area contributed by atoms with Crippen LogP contribution < -0.4 is 14.2 Å². The minimum absolute atomic E-state index is 0.102. The second-order valence-corrected chi connectivity index (χ2v) is 10.2. The van der Waals surface area contributed by atoms with Gasteiger partial charge >= 0.3 is 0 Å². The first kappa shape index (κ1) is 26.7. The average molecular weight is 559 g/mol. The molecule has 1 N–H and O–H groups in total. The van der Waals surface area contributed by atoms with Crippen molar-refractivity contribution in [1.29, 1.82) is 0 Å². The molecule has 1 spiro atoms. The number of carbonyl (C=O) groups excluding carboxylic acids is 1. The summed E-state index contributed by atoms with van der Waals surface area (Å²) in [5.41, 5.74) is 3.35. The minimum Gasteiger partial charge on any atom is -0.493 e. The summed E-state index contributed by atoms with van der Waals surface area (Å²) in [6, 6.07) is 12.4. The van der Waals surface area contributed by atoms with Crippen LogP contribution in [-0.2, 0) is 6.42 Å². The number of nitrogens with one attached hydrogen (secondary N) is 1. The quantitative estimate of drug-likeness (QED) is 0.320. The van der Waals surface area contributed by atoms with Crippen molar-refractivity contribution in [3.8, 4) is 39.8 Å². The predicted octanol–water partition coefficient (Wildman–Crippen LogP) is 4.87. The number of fused-ring (bicyclic) bond motifs is 1. The number of carbonyl (C=O) groups is 1. The summed E-state index contributed by atoms with van der Waals surface area (Å²) in [4.78, 5) is 19.2. The monoisotopic (exact) mass is 558 g/mol. The molecule has 2 aromatic heterocycles. The first-order valence-corrected chi connectivity index (χ1v) is 13.9. The van der Waals surface area contributed by atoms with Gasteiger partial charge in [0.2, 0.25) is 11.8 Å². The van der Waals surface area contributed by atoms with E-state index in [2.05, 4.69) is 31.7 Å². The Morgan fingerprint density at radius 1 is 1.02 bits per heavy atom. The fourth-order valence-electron chi connectivity index (χ4n) is 5.69. The Hall–Kier alpha value is -4.54. The number of tetrazole rings is 1. The van der Waals surface area contributed by atoms with E-state index in [0.29, 0.717) is 60.3 Å². The van der Waals surface area contributed by atoms with E-state index in [-0.39, 0.29) is 11.5 Å². The van der Waals surface area contributed by atoms with Gasteiger partial charge in [-0.2, -0.15) is 9.60 Å². The molecule has 0 unspecified atom stereocenters. The first-order chi connectivity index (χ1) is 20.0. The Balaban J connectivity index is 1.20. The number of ether oxygens (including phenoxy) is 3. The van der Waals surface area contributed by atoms with Gasteiger partial charge in [-0.3, -0.25) is 4.79 Å². The van der Waals surface area contributed by atoms with Crippen LogP contribution in [0.25, 0.3) is 22.5 Å². The topological polar surface area (TPSA) is 115 Å². The number of likely N-dealkylation sites (tertiary alicyclic amines) is 1. The molecule has 0 atom stereocenters. The van der Waals surface area contributed by atoms with E-state index in [9.17, 15) is 9.18 Å². The summed E-state index contributed by atoms with van der Waals surface area (Å²) >= 11 is 0. The number of halogens is 1. The van der Waals surface area contributed by atoms with Gasteiger partial charge in [0, 0.05) is 49.3 Å². The Kier molecular flexibility index (Phi) is 7.25. The van der Waals surface area contributed by atoms with Crippen molar-refractivity contribution in [2.24, 2.45) is 0 Å². The fraction of sp³-hybridized carbons (Fsp3) is 0.367. The summed E-state index contributed by atoms with van der Waals surface area (Å²) in [5, 5.41) is 14.3. The number of hydrogen-bond acceptors (Lipinski definition) is 8. The van der Waals surface area contributed by atoms with E-state index in [4.69, 9.17) is 14.2 Å². The molecule has 0 radical (unpaired) electrons. The summed E-state index contributed by atoms with van der Waals surface area (Å²) in [6.07, 6.45) is 4.61. The van der Waals surface area contributed by atoms with E-state index in [0.717, 1.165) is 42.6 Å². The molecule has 2 aromatic carbocycles. The second-order valence-electron chi connectivity index (χ2n) is 10.2. The summed E-state index contributed by atoms with van der Waals surface area (Å²) in [6.45, 7) is 5.63. The number of rotatable bonds is 7. The third kappa shape index (κ3) is 5.31. The maximum atomic E-state index is 14.0. The van der Waals surface area contributed by atoms with Gasteiger partial charge in [0.05, 0.1) is 18.8 Å².